The van der Waals surface area contributed by atoms with E-state index in [1.807, 2.05) is 24.3 Å². The Bertz CT molecular complexity index is 1090. The number of anilines is 1. The zero-order valence-electron chi connectivity index (χ0n) is 19.6. The lowest BCUT2D eigenvalue weighted by Crippen LogP contribution is -2.36. The van der Waals surface area contributed by atoms with Crippen molar-refractivity contribution in [2.75, 3.05) is 44.3 Å². The molecule has 2 fully saturated rings. The Hall–Kier alpha value is -3.22. The molecule has 3 aromatic rings. The molecule has 1 N–H and O–H groups in total. The molecule has 6 nitrogen and oxygen atoms in total. The van der Waals surface area contributed by atoms with Gasteiger partial charge in [-0.1, -0.05) is 48.5 Å². The number of rotatable bonds is 7. The number of carbonyl (C=O) groups is 1. The third-order valence-electron chi connectivity index (χ3n) is 6.67. The summed E-state index contributed by atoms with van der Waals surface area (Å²) in [5.74, 6) is 0.773. The summed E-state index contributed by atoms with van der Waals surface area (Å²) < 4.78 is 5.40. The van der Waals surface area contributed by atoms with Crippen LogP contribution in [-0.2, 0) is 17.8 Å². The number of likely N-dealkylation sites (tertiary alicyclic amines) is 1. The van der Waals surface area contributed by atoms with Crippen LogP contribution in [0, 0.1) is 0 Å². The average molecular weight is 457 g/mol. The molecule has 34 heavy (non-hydrogen) atoms. The molecule has 0 spiro atoms. The van der Waals surface area contributed by atoms with Gasteiger partial charge in [0.25, 0.3) is 5.91 Å². The van der Waals surface area contributed by atoms with Gasteiger partial charge in [0.05, 0.1) is 18.8 Å². The maximum absolute atomic E-state index is 12.8. The predicted molar refractivity (Wildman–Crippen MR) is 135 cm³/mol. The van der Waals surface area contributed by atoms with Gasteiger partial charge in [0.15, 0.2) is 0 Å². The lowest BCUT2D eigenvalue weighted by molar-refractivity contribution is 0.0950. The number of amides is 1. The van der Waals surface area contributed by atoms with Crippen molar-refractivity contribution >= 4 is 11.7 Å². The molecule has 0 atom stereocenters. The van der Waals surface area contributed by atoms with Crippen molar-refractivity contribution in [3.8, 4) is 11.1 Å². The summed E-state index contributed by atoms with van der Waals surface area (Å²) in [5, 5.41) is 3.06. The van der Waals surface area contributed by atoms with Crippen LogP contribution in [0.15, 0.2) is 66.9 Å². The van der Waals surface area contributed by atoms with Crippen LogP contribution in [0.2, 0.25) is 0 Å². The van der Waals surface area contributed by atoms with Gasteiger partial charge in [-0.3, -0.25) is 9.69 Å². The number of nitrogens with zero attached hydrogens (tertiary/aromatic N) is 3. The minimum Gasteiger partial charge on any atom is -0.378 e. The number of hydrogen-bond acceptors (Lipinski definition) is 5. The first-order chi connectivity index (χ1) is 16.8. The van der Waals surface area contributed by atoms with Crippen molar-refractivity contribution in [1.82, 2.24) is 15.2 Å². The molecule has 0 unspecified atom stereocenters. The predicted octanol–water partition coefficient (Wildman–Crippen LogP) is 4.11. The van der Waals surface area contributed by atoms with Crippen LogP contribution < -0.4 is 10.2 Å². The molecule has 1 aromatic heterocycles. The number of nitrogens with one attached hydrogen (secondary N) is 1. The fraction of sp³-hybridized carbons (Fsp3) is 0.357. The van der Waals surface area contributed by atoms with Crippen LogP contribution in [-0.4, -0.2) is 55.2 Å². The number of hydrogen-bond donors (Lipinski definition) is 1. The lowest BCUT2D eigenvalue weighted by atomic mass is 9.98. The number of carbonyl (C=O) groups excluding carboxylic acids is 1. The zero-order valence-corrected chi connectivity index (χ0v) is 19.6. The van der Waals surface area contributed by atoms with Gasteiger partial charge in [0.2, 0.25) is 0 Å². The van der Waals surface area contributed by atoms with E-state index in [4.69, 9.17) is 4.74 Å². The van der Waals surface area contributed by atoms with Crippen molar-refractivity contribution in [2.45, 2.75) is 25.9 Å². The van der Waals surface area contributed by atoms with Gasteiger partial charge in [-0.25, -0.2) is 4.98 Å². The normalized spacial score (nSPS) is 16.5. The van der Waals surface area contributed by atoms with Crippen LogP contribution >= 0.6 is 0 Å². The second-order valence-electron chi connectivity index (χ2n) is 9.02. The summed E-state index contributed by atoms with van der Waals surface area (Å²) in [5.41, 5.74) is 5.34. The number of ether oxygens (including phenoxy) is 1. The monoisotopic (exact) mass is 456 g/mol. The molecule has 1 amide bonds. The average Bonchev–Trinajstić information content (AvgIpc) is 3.42. The SMILES string of the molecule is O=C(NCc1ccccc1-c1ccc(CN2CCCC2)cc1)c1ccc(N2CCOCC2)nc1. The smallest absolute Gasteiger partial charge is 0.253 e. The van der Waals surface area contributed by atoms with E-state index in [1.54, 1.807) is 6.20 Å². The molecule has 2 saturated heterocycles. The van der Waals surface area contributed by atoms with Gasteiger partial charge in [-0.05, 0) is 60.3 Å². The maximum atomic E-state index is 12.8. The third kappa shape index (κ3) is 5.46. The van der Waals surface area contributed by atoms with Gasteiger partial charge in [0.1, 0.15) is 5.82 Å². The molecule has 2 aromatic carbocycles. The highest BCUT2D eigenvalue weighted by Gasteiger charge is 2.15. The molecule has 176 valence electrons. The first-order valence-corrected chi connectivity index (χ1v) is 12.2. The van der Waals surface area contributed by atoms with E-state index in [9.17, 15) is 4.79 Å². The highest BCUT2D eigenvalue weighted by Crippen LogP contribution is 2.25. The van der Waals surface area contributed by atoms with E-state index in [0.29, 0.717) is 25.3 Å². The summed E-state index contributed by atoms with van der Waals surface area (Å²) in [4.78, 5) is 22.0. The Kier molecular flexibility index (Phi) is 7.17. The standard InChI is InChI=1S/C28H32N4O2/c33-28(25-11-12-27(29-20-25)32-15-17-34-18-16-32)30-19-24-5-1-2-6-26(24)23-9-7-22(8-10-23)21-31-13-3-4-14-31/h1-2,5-12,20H,3-4,13-19,21H2,(H,30,33). The largest absolute Gasteiger partial charge is 0.378 e. The van der Waals surface area contributed by atoms with Crippen molar-refractivity contribution in [3.05, 3.63) is 83.6 Å². The molecule has 2 aliphatic heterocycles. The molecule has 0 aliphatic carbocycles. The Labute approximate surface area is 201 Å². The molecule has 5 rings (SSSR count). The maximum Gasteiger partial charge on any atom is 0.253 e. The summed E-state index contributed by atoms with van der Waals surface area (Å²) in [6.45, 7) is 6.98. The van der Waals surface area contributed by atoms with Gasteiger partial charge < -0.3 is 15.0 Å². The van der Waals surface area contributed by atoms with Gasteiger partial charge in [-0.2, -0.15) is 0 Å². The second-order valence-corrected chi connectivity index (χ2v) is 9.02. The van der Waals surface area contributed by atoms with Crippen molar-refractivity contribution in [3.63, 3.8) is 0 Å². The number of morpholine rings is 1. The van der Waals surface area contributed by atoms with Crippen molar-refractivity contribution in [2.24, 2.45) is 0 Å². The van der Waals surface area contributed by atoms with Crippen LogP contribution in [0.5, 0.6) is 0 Å². The van der Waals surface area contributed by atoms with Crippen molar-refractivity contribution in [1.29, 1.82) is 0 Å². The van der Waals surface area contributed by atoms with E-state index in [0.717, 1.165) is 36.6 Å². The summed E-state index contributed by atoms with van der Waals surface area (Å²) in [6, 6.07) is 20.9. The number of pyridine rings is 1. The Morgan fingerprint density at radius 1 is 0.912 bits per heavy atom. The van der Waals surface area contributed by atoms with Crippen LogP contribution in [0.1, 0.15) is 34.3 Å². The van der Waals surface area contributed by atoms with Crippen LogP contribution in [0.3, 0.4) is 0 Å². The second kappa shape index (κ2) is 10.8. The van der Waals surface area contributed by atoms with E-state index in [2.05, 4.69) is 56.5 Å². The molecule has 3 heterocycles. The van der Waals surface area contributed by atoms with Crippen molar-refractivity contribution < 1.29 is 9.53 Å². The molecule has 0 bridgehead atoms. The third-order valence-corrected chi connectivity index (χ3v) is 6.67. The first-order valence-electron chi connectivity index (χ1n) is 12.2. The molecule has 0 saturated carbocycles. The quantitative estimate of drug-likeness (QED) is 0.580. The fourth-order valence-electron chi connectivity index (χ4n) is 4.72. The topological polar surface area (TPSA) is 57.7 Å². The van der Waals surface area contributed by atoms with E-state index >= 15 is 0 Å². The molecule has 6 heteroatoms. The van der Waals surface area contributed by atoms with E-state index in [1.165, 1.54) is 37.1 Å². The molecular formula is C28H32N4O2. The Balaban J connectivity index is 1.22. The Morgan fingerprint density at radius 2 is 1.68 bits per heavy atom. The molecule has 0 radical (unpaired) electrons. The Morgan fingerprint density at radius 3 is 2.41 bits per heavy atom. The summed E-state index contributed by atoms with van der Waals surface area (Å²) in [7, 11) is 0. The fourth-order valence-corrected chi connectivity index (χ4v) is 4.72. The minimum atomic E-state index is -0.114. The van der Waals surface area contributed by atoms with Crippen LogP contribution in [0.4, 0.5) is 5.82 Å². The lowest BCUT2D eigenvalue weighted by Gasteiger charge is -2.27. The highest BCUT2D eigenvalue weighted by atomic mass is 16.5. The number of benzene rings is 2. The minimum absolute atomic E-state index is 0.114. The van der Waals surface area contributed by atoms with Gasteiger partial charge >= 0.3 is 0 Å². The van der Waals surface area contributed by atoms with Gasteiger partial charge in [0, 0.05) is 32.4 Å². The van der Waals surface area contributed by atoms with Gasteiger partial charge in [-0.15, -0.1) is 0 Å². The van der Waals surface area contributed by atoms with E-state index in [-0.39, 0.29) is 5.91 Å². The zero-order chi connectivity index (χ0) is 23.2. The molecule has 2 aliphatic rings. The molecular weight excluding hydrogens is 424 g/mol. The summed E-state index contributed by atoms with van der Waals surface area (Å²) >= 11 is 0. The summed E-state index contributed by atoms with van der Waals surface area (Å²) in [6.07, 6.45) is 4.28. The first kappa shape index (κ1) is 22.6. The van der Waals surface area contributed by atoms with E-state index < -0.39 is 0 Å². The highest BCUT2D eigenvalue weighted by molar-refractivity contribution is 5.94. The van der Waals surface area contributed by atoms with Crippen LogP contribution in [0.25, 0.3) is 11.1 Å². The number of aromatic nitrogens is 1.